The second kappa shape index (κ2) is 10.1. The van der Waals surface area contributed by atoms with Crippen molar-refractivity contribution in [3.63, 3.8) is 0 Å². The van der Waals surface area contributed by atoms with Gasteiger partial charge >= 0.3 is 5.76 Å². The third-order valence-corrected chi connectivity index (χ3v) is 8.29. The van der Waals surface area contributed by atoms with Crippen LogP contribution in [-0.2, 0) is 11.3 Å². The first-order chi connectivity index (χ1) is 18.4. The van der Waals surface area contributed by atoms with Gasteiger partial charge in [0.1, 0.15) is 5.69 Å². The van der Waals surface area contributed by atoms with Gasteiger partial charge in [0.2, 0.25) is 11.8 Å². The fraction of sp³-hybridized carbons (Fsp3) is 0.519. The number of hydrogen-bond acceptors (Lipinski definition) is 8. The largest absolute Gasteiger partial charge is 0.439 e. The number of H-pyrrole nitrogens is 1. The van der Waals surface area contributed by atoms with E-state index in [1.165, 1.54) is 25.7 Å². The molecule has 1 N–H and O–H groups in total. The summed E-state index contributed by atoms with van der Waals surface area (Å²) < 4.78 is 13.0. The third kappa shape index (κ3) is 4.71. The molecular weight excluding hydrogens is 506 g/mol. The van der Waals surface area contributed by atoms with Gasteiger partial charge in [0, 0.05) is 31.0 Å². The highest BCUT2D eigenvalue weighted by molar-refractivity contribution is 6.30. The molecule has 0 unspecified atom stereocenters. The van der Waals surface area contributed by atoms with E-state index in [0.29, 0.717) is 28.9 Å². The molecule has 4 aromatic rings. The molecular formula is C27H32ClN7O3. The molecule has 0 amide bonds. The van der Waals surface area contributed by atoms with Gasteiger partial charge in [-0.05, 0) is 50.7 Å². The molecule has 0 aromatic carbocycles. The molecule has 2 aliphatic rings. The van der Waals surface area contributed by atoms with E-state index < -0.39 is 5.76 Å². The summed E-state index contributed by atoms with van der Waals surface area (Å²) in [6, 6.07) is 3.87. The fourth-order valence-corrected chi connectivity index (χ4v) is 5.90. The lowest BCUT2D eigenvalue weighted by atomic mass is 9.83. The Morgan fingerprint density at radius 1 is 1.11 bits per heavy atom. The zero-order valence-electron chi connectivity index (χ0n) is 21.9. The average Bonchev–Trinajstić information content (AvgIpc) is 3.50. The van der Waals surface area contributed by atoms with Crippen molar-refractivity contribution in [2.24, 2.45) is 11.8 Å². The summed E-state index contributed by atoms with van der Waals surface area (Å²) in [5, 5.41) is 4.39. The number of anilines is 1. The molecule has 1 saturated carbocycles. The van der Waals surface area contributed by atoms with Crippen LogP contribution in [0.5, 0.6) is 0 Å². The molecule has 10 nitrogen and oxygen atoms in total. The molecule has 1 saturated heterocycles. The zero-order chi connectivity index (χ0) is 26.4. The van der Waals surface area contributed by atoms with E-state index in [2.05, 4.69) is 45.4 Å². The minimum atomic E-state index is -0.637. The number of halogens is 1. The molecule has 0 bridgehead atoms. The number of nitrogens with one attached hydrogen (secondary N) is 1. The second-order valence-electron chi connectivity index (χ2n) is 10.7. The van der Waals surface area contributed by atoms with Crippen LogP contribution in [0.1, 0.15) is 46.5 Å². The molecule has 200 valence electrons. The maximum atomic E-state index is 11.7. The molecule has 1 aliphatic heterocycles. The van der Waals surface area contributed by atoms with Gasteiger partial charge in [-0.3, -0.25) is 14.5 Å². The van der Waals surface area contributed by atoms with Crippen LogP contribution in [-0.4, -0.2) is 55.0 Å². The molecule has 5 heterocycles. The van der Waals surface area contributed by atoms with E-state index in [4.69, 9.17) is 30.8 Å². The highest BCUT2D eigenvalue weighted by atomic mass is 35.5. The van der Waals surface area contributed by atoms with Crippen LogP contribution in [0.25, 0.3) is 33.8 Å². The monoisotopic (exact) mass is 537 g/mol. The van der Waals surface area contributed by atoms with Gasteiger partial charge in [-0.15, -0.1) is 0 Å². The standard InChI is InChI=1S/C27H32ClN7O3/c1-15-4-6-18(7-5-15)14-35-24-21(31-26(35)34-8-9-37-17(3)16(34)2)11-22(25-32-27(36)38-33-25)30-23(24)19-10-20(28)13-29-12-19/h10-13,15-18H,4-9,14H2,1-3H3,(H,32,33,36)/t15?,16-,17-,18?/m1/s1. The van der Waals surface area contributed by atoms with Crippen molar-refractivity contribution in [2.75, 3.05) is 18.1 Å². The third-order valence-electron chi connectivity index (χ3n) is 8.08. The van der Waals surface area contributed by atoms with Gasteiger partial charge < -0.3 is 14.2 Å². The highest BCUT2D eigenvalue weighted by Crippen LogP contribution is 2.38. The van der Waals surface area contributed by atoms with Crippen LogP contribution >= 0.6 is 11.6 Å². The van der Waals surface area contributed by atoms with Gasteiger partial charge in [-0.1, -0.05) is 36.5 Å². The Morgan fingerprint density at radius 2 is 1.92 bits per heavy atom. The van der Waals surface area contributed by atoms with Crippen LogP contribution < -0.4 is 10.7 Å². The lowest BCUT2D eigenvalue weighted by Crippen LogP contribution is -2.49. The van der Waals surface area contributed by atoms with Gasteiger partial charge in [-0.2, -0.15) is 0 Å². The van der Waals surface area contributed by atoms with Crippen molar-refractivity contribution in [3.8, 4) is 22.8 Å². The first-order valence-electron chi connectivity index (χ1n) is 13.3. The smallest absolute Gasteiger partial charge is 0.375 e. The summed E-state index contributed by atoms with van der Waals surface area (Å²) in [5.41, 5.74) is 3.60. The van der Waals surface area contributed by atoms with E-state index in [0.717, 1.165) is 41.6 Å². The topological polar surface area (TPSA) is 115 Å². The van der Waals surface area contributed by atoms with E-state index >= 15 is 0 Å². The Bertz CT molecular complexity index is 1500. The molecule has 2 atom stereocenters. The summed E-state index contributed by atoms with van der Waals surface area (Å²) in [4.78, 5) is 31.2. The number of aromatic amines is 1. The lowest BCUT2D eigenvalue weighted by molar-refractivity contribution is 0.0274. The highest BCUT2D eigenvalue weighted by Gasteiger charge is 2.32. The Hall–Kier alpha value is -3.24. The number of morpholine rings is 1. The molecule has 4 aromatic heterocycles. The Morgan fingerprint density at radius 3 is 2.66 bits per heavy atom. The Labute approximate surface area is 225 Å². The maximum Gasteiger partial charge on any atom is 0.439 e. The molecule has 2 fully saturated rings. The number of fused-ring (bicyclic) bond motifs is 1. The van der Waals surface area contributed by atoms with Gasteiger partial charge in [-0.25, -0.2) is 14.8 Å². The minimum absolute atomic E-state index is 0.0815. The number of imidazole rings is 1. The van der Waals surface area contributed by atoms with Gasteiger partial charge in [0.15, 0.2) is 0 Å². The predicted molar refractivity (Wildman–Crippen MR) is 145 cm³/mol. The SMILES string of the molecule is CC1CCC(Cn2c(N3CCO[C@H](C)[C@H]3C)nc3cc(-c4noc(=O)[nH]4)nc(-c4cncc(Cl)c4)c32)CC1. The van der Waals surface area contributed by atoms with E-state index in [9.17, 15) is 4.79 Å². The van der Waals surface area contributed by atoms with E-state index in [-0.39, 0.29) is 18.0 Å². The van der Waals surface area contributed by atoms with Crippen molar-refractivity contribution < 1.29 is 9.26 Å². The van der Waals surface area contributed by atoms with Crippen molar-refractivity contribution in [1.29, 1.82) is 0 Å². The van der Waals surface area contributed by atoms with Crippen LogP contribution in [0.15, 0.2) is 33.8 Å². The summed E-state index contributed by atoms with van der Waals surface area (Å²) in [5.74, 6) is 1.84. The molecule has 11 heteroatoms. The number of hydrogen-bond donors (Lipinski definition) is 1. The van der Waals surface area contributed by atoms with Crippen molar-refractivity contribution in [1.82, 2.24) is 29.7 Å². The molecule has 38 heavy (non-hydrogen) atoms. The Balaban J connectivity index is 1.58. The number of rotatable bonds is 5. The number of aromatic nitrogens is 6. The molecule has 0 radical (unpaired) electrons. The number of nitrogens with zero attached hydrogens (tertiary/aromatic N) is 6. The second-order valence-corrected chi connectivity index (χ2v) is 11.2. The summed E-state index contributed by atoms with van der Waals surface area (Å²) in [6.07, 6.45) is 8.29. The van der Waals surface area contributed by atoms with Crippen LogP contribution in [0.3, 0.4) is 0 Å². The molecule has 0 spiro atoms. The predicted octanol–water partition coefficient (Wildman–Crippen LogP) is 4.93. The van der Waals surface area contributed by atoms with Crippen molar-refractivity contribution in [3.05, 3.63) is 40.1 Å². The summed E-state index contributed by atoms with van der Waals surface area (Å²) in [6.45, 7) is 8.87. The van der Waals surface area contributed by atoms with Crippen molar-refractivity contribution in [2.45, 2.75) is 65.1 Å². The van der Waals surface area contributed by atoms with E-state index in [1.54, 1.807) is 12.4 Å². The normalized spacial score (nSPS) is 24.3. The number of ether oxygens (including phenoxy) is 1. The zero-order valence-corrected chi connectivity index (χ0v) is 22.6. The molecule has 1 aliphatic carbocycles. The lowest BCUT2D eigenvalue weighted by Gasteiger charge is -2.39. The first kappa shape index (κ1) is 25.1. The van der Waals surface area contributed by atoms with Crippen LogP contribution in [0, 0.1) is 11.8 Å². The maximum absolute atomic E-state index is 11.7. The molecule has 6 rings (SSSR count). The number of pyridine rings is 2. The van der Waals surface area contributed by atoms with Crippen molar-refractivity contribution >= 4 is 28.6 Å². The van der Waals surface area contributed by atoms with E-state index in [1.807, 2.05) is 12.1 Å². The van der Waals surface area contributed by atoms with Gasteiger partial charge in [0.05, 0.1) is 40.5 Å². The van der Waals surface area contributed by atoms with Gasteiger partial charge in [0.25, 0.3) is 0 Å². The van der Waals surface area contributed by atoms with Crippen LogP contribution in [0.4, 0.5) is 5.95 Å². The summed E-state index contributed by atoms with van der Waals surface area (Å²) >= 11 is 6.37. The average molecular weight is 538 g/mol. The Kier molecular flexibility index (Phi) is 6.69. The van der Waals surface area contributed by atoms with Crippen LogP contribution in [0.2, 0.25) is 5.02 Å². The minimum Gasteiger partial charge on any atom is -0.375 e. The fourth-order valence-electron chi connectivity index (χ4n) is 5.73. The quantitative estimate of drug-likeness (QED) is 0.381. The first-order valence-corrected chi connectivity index (χ1v) is 13.7. The summed E-state index contributed by atoms with van der Waals surface area (Å²) in [7, 11) is 0.